The quantitative estimate of drug-likeness (QED) is 0.681. The van der Waals surface area contributed by atoms with Gasteiger partial charge in [0.25, 0.3) is 6.47 Å². The molecule has 0 spiro atoms. The van der Waals surface area contributed by atoms with Gasteiger partial charge in [0.15, 0.2) is 0 Å². The Kier molecular flexibility index (Phi) is 1.66. The molecule has 0 aliphatic heterocycles. The van der Waals surface area contributed by atoms with Gasteiger partial charge in [0.05, 0.1) is 0 Å². The van der Waals surface area contributed by atoms with Crippen LogP contribution in [0.25, 0.3) is 10.9 Å². The summed E-state index contributed by atoms with van der Waals surface area (Å²) >= 11 is 0. The zero-order valence-electron chi connectivity index (χ0n) is 6.65. The maximum atomic E-state index is 10.0. The molecule has 1 heterocycles. The van der Waals surface area contributed by atoms with E-state index >= 15 is 0 Å². The van der Waals surface area contributed by atoms with E-state index in [0.717, 1.165) is 5.52 Å². The second-order valence-electron chi connectivity index (χ2n) is 2.60. The molecule has 0 bridgehead atoms. The molecule has 0 saturated heterocycles. The van der Waals surface area contributed by atoms with E-state index in [1.165, 1.54) is 6.20 Å². The lowest BCUT2D eigenvalue weighted by Gasteiger charge is -1.96. The zero-order valence-corrected chi connectivity index (χ0v) is 6.65. The van der Waals surface area contributed by atoms with Crippen molar-refractivity contribution in [2.45, 2.75) is 0 Å². The average Bonchev–Trinajstić information content (AvgIpc) is 2.49. The number of aromatic hydroxyl groups is 1. The van der Waals surface area contributed by atoms with E-state index in [2.05, 4.69) is 9.72 Å². The molecule has 0 atom stereocenters. The summed E-state index contributed by atoms with van der Waals surface area (Å²) in [5.41, 5.74) is 0.802. The van der Waals surface area contributed by atoms with Crippen molar-refractivity contribution in [3.05, 3.63) is 24.4 Å². The fourth-order valence-electron chi connectivity index (χ4n) is 1.21. The molecule has 13 heavy (non-hydrogen) atoms. The lowest BCUT2D eigenvalue weighted by molar-refractivity contribution is -0.120. The number of rotatable bonds is 2. The topological polar surface area (TPSA) is 62.3 Å². The number of carbonyl (C=O) groups is 1. The highest BCUT2D eigenvalue weighted by atomic mass is 16.5. The van der Waals surface area contributed by atoms with Gasteiger partial charge in [0.2, 0.25) is 0 Å². The first kappa shape index (κ1) is 7.67. The Hall–Kier alpha value is -1.97. The number of aromatic nitrogens is 1. The normalized spacial score (nSPS) is 10.2. The van der Waals surface area contributed by atoms with E-state index in [1.807, 2.05) is 0 Å². The Bertz CT molecular complexity index is 447. The van der Waals surface area contributed by atoms with Gasteiger partial charge in [-0.2, -0.15) is 0 Å². The molecular weight excluding hydrogens is 170 g/mol. The summed E-state index contributed by atoms with van der Waals surface area (Å²) in [4.78, 5) is 12.9. The molecule has 4 nitrogen and oxygen atoms in total. The van der Waals surface area contributed by atoms with Gasteiger partial charge in [-0.1, -0.05) is 0 Å². The van der Waals surface area contributed by atoms with Crippen molar-refractivity contribution in [3.63, 3.8) is 0 Å². The second-order valence-corrected chi connectivity index (χ2v) is 2.60. The van der Waals surface area contributed by atoms with Crippen molar-refractivity contribution in [3.8, 4) is 11.5 Å². The van der Waals surface area contributed by atoms with Crippen molar-refractivity contribution in [2.75, 3.05) is 0 Å². The van der Waals surface area contributed by atoms with Gasteiger partial charge in [0.1, 0.15) is 11.5 Å². The molecule has 0 aliphatic carbocycles. The average molecular weight is 177 g/mol. The molecule has 0 amide bonds. The van der Waals surface area contributed by atoms with Gasteiger partial charge in [-0.3, -0.25) is 4.79 Å². The number of nitrogens with one attached hydrogen (secondary N) is 1. The van der Waals surface area contributed by atoms with Crippen LogP contribution in [-0.2, 0) is 4.79 Å². The van der Waals surface area contributed by atoms with Crippen molar-refractivity contribution >= 4 is 17.4 Å². The van der Waals surface area contributed by atoms with Crippen LogP contribution in [-0.4, -0.2) is 16.6 Å². The highest BCUT2D eigenvalue weighted by molar-refractivity contribution is 5.87. The molecule has 1 aromatic carbocycles. The zero-order chi connectivity index (χ0) is 9.26. The van der Waals surface area contributed by atoms with Gasteiger partial charge >= 0.3 is 0 Å². The molecule has 2 rings (SSSR count). The Morgan fingerprint density at radius 2 is 2.31 bits per heavy atom. The number of ether oxygens (including phenoxy) is 1. The van der Waals surface area contributed by atoms with Gasteiger partial charge < -0.3 is 14.8 Å². The molecule has 0 fully saturated rings. The number of benzene rings is 1. The van der Waals surface area contributed by atoms with Crippen LogP contribution < -0.4 is 4.74 Å². The van der Waals surface area contributed by atoms with Crippen LogP contribution in [0, 0.1) is 0 Å². The Morgan fingerprint density at radius 1 is 1.46 bits per heavy atom. The minimum absolute atomic E-state index is 0.145. The molecule has 66 valence electrons. The summed E-state index contributed by atoms with van der Waals surface area (Å²) in [7, 11) is 0. The first-order valence-electron chi connectivity index (χ1n) is 3.71. The molecule has 4 heteroatoms. The van der Waals surface area contributed by atoms with Crippen LogP contribution in [0.15, 0.2) is 24.4 Å². The lowest BCUT2D eigenvalue weighted by Crippen LogP contribution is -1.87. The molecule has 0 unspecified atom stereocenters. The first-order valence-corrected chi connectivity index (χ1v) is 3.71. The van der Waals surface area contributed by atoms with Crippen molar-refractivity contribution in [2.24, 2.45) is 0 Å². The smallest absolute Gasteiger partial charge is 0.298 e. The van der Waals surface area contributed by atoms with Crippen molar-refractivity contribution in [1.29, 1.82) is 0 Å². The van der Waals surface area contributed by atoms with Crippen LogP contribution >= 0.6 is 0 Å². The third-order valence-electron chi connectivity index (χ3n) is 1.82. The Labute approximate surface area is 73.8 Å². The summed E-state index contributed by atoms with van der Waals surface area (Å²) < 4.78 is 4.63. The molecule has 0 saturated carbocycles. The second kappa shape index (κ2) is 2.82. The van der Waals surface area contributed by atoms with E-state index in [0.29, 0.717) is 17.6 Å². The van der Waals surface area contributed by atoms with Gasteiger partial charge in [0, 0.05) is 17.1 Å². The van der Waals surface area contributed by atoms with Crippen LogP contribution in [0.2, 0.25) is 0 Å². The standard InChI is InChI=1S/C9H7NO3/c11-5-13-6-1-2-8-7(3-6)9(12)4-10-8/h1-5,10,12H. The van der Waals surface area contributed by atoms with E-state index < -0.39 is 0 Å². The number of hydrogen-bond donors (Lipinski definition) is 2. The molecule has 2 aromatic rings. The van der Waals surface area contributed by atoms with E-state index in [1.54, 1.807) is 18.2 Å². The van der Waals surface area contributed by atoms with Crippen LogP contribution in [0.5, 0.6) is 11.5 Å². The predicted molar refractivity (Wildman–Crippen MR) is 46.7 cm³/mol. The first-order chi connectivity index (χ1) is 6.31. The molecule has 1 aromatic heterocycles. The summed E-state index contributed by atoms with van der Waals surface area (Å²) in [5, 5.41) is 9.97. The predicted octanol–water partition coefficient (Wildman–Crippen LogP) is 1.41. The number of hydrogen-bond acceptors (Lipinski definition) is 3. The molecular formula is C9H7NO3. The minimum Gasteiger partial charge on any atom is -0.506 e. The highest BCUT2D eigenvalue weighted by Gasteiger charge is 2.02. The Morgan fingerprint density at radius 3 is 3.08 bits per heavy atom. The summed E-state index contributed by atoms with van der Waals surface area (Å²) in [5.74, 6) is 0.559. The Balaban J connectivity index is 2.58. The van der Waals surface area contributed by atoms with Crippen LogP contribution in [0.1, 0.15) is 0 Å². The largest absolute Gasteiger partial charge is 0.506 e. The number of aromatic amines is 1. The van der Waals surface area contributed by atoms with Crippen LogP contribution in [0.4, 0.5) is 0 Å². The molecule has 0 aliphatic rings. The van der Waals surface area contributed by atoms with Crippen LogP contribution in [0.3, 0.4) is 0 Å². The monoisotopic (exact) mass is 177 g/mol. The lowest BCUT2D eigenvalue weighted by atomic mass is 10.2. The number of fused-ring (bicyclic) bond motifs is 1. The van der Waals surface area contributed by atoms with E-state index in [9.17, 15) is 9.90 Å². The fourth-order valence-corrected chi connectivity index (χ4v) is 1.21. The van der Waals surface area contributed by atoms with Gasteiger partial charge in [-0.25, -0.2) is 0 Å². The SMILES string of the molecule is O=COc1ccc2[nH]cc(O)c2c1. The summed E-state index contributed by atoms with van der Waals surface area (Å²) in [6.07, 6.45) is 1.48. The number of H-pyrrole nitrogens is 1. The summed E-state index contributed by atoms with van der Waals surface area (Å²) in [6, 6.07) is 4.97. The van der Waals surface area contributed by atoms with E-state index in [-0.39, 0.29) is 5.75 Å². The van der Waals surface area contributed by atoms with Gasteiger partial charge in [-0.15, -0.1) is 0 Å². The number of carbonyl (C=O) groups excluding carboxylic acids is 1. The van der Waals surface area contributed by atoms with E-state index in [4.69, 9.17) is 0 Å². The van der Waals surface area contributed by atoms with Gasteiger partial charge in [-0.05, 0) is 18.2 Å². The minimum atomic E-state index is 0.145. The molecule has 2 N–H and O–H groups in total. The van der Waals surface area contributed by atoms with Crippen molar-refractivity contribution < 1.29 is 14.6 Å². The maximum absolute atomic E-state index is 10.0. The fraction of sp³-hybridized carbons (Fsp3) is 0. The maximum Gasteiger partial charge on any atom is 0.298 e. The third-order valence-corrected chi connectivity index (χ3v) is 1.82. The van der Waals surface area contributed by atoms with Crippen molar-refractivity contribution in [1.82, 2.24) is 4.98 Å². The third kappa shape index (κ3) is 1.22. The summed E-state index contributed by atoms with van der Waals surface area (Å²) in [6.45, 7) is 0.352. The highest BCUT2D eigenvalue weighted by Crippen LogP contribution is 2.27. The molecule has 0 radical (unpaired) electrons.